The summed E-state index contributed by atoms with van der Waals surface area (Å²) in [6.07, 6.45) is 0.169. The van der Waals surface area contributed by atoms with Crippen LogP contribution in [-0.4, -0.2) is 37.7 Å². The highest BCUT2D eigenvalue weighted by molar-refractivity contribution is 5.80. The summed E-state index contributed by atoms with van der Waals surface area (Å²) < 4.78 is 9.62. The lowest BCUT2D eigenvalue weighted by atomic mass is 9.92. The van der Waals surface area contributed by atoms with E-state index in [1.54, 1.807) is 13.8 Å². The maximum Gasteiger partial charge on any atom is 0.308 e. The molecule has 0 aliphatic carbocycles. The largest absolute Gasteiger partial charge is 0.469 e. The minimum atomic E-state index is -0.547. The van der Waals surface area contributed by atoms with Crippen LogP contribution in [0.2, 0.25) is 0 Å². The second kappa shape index (κ2) is 4.61. The summed E-state index contributed by atoms with van der Waals surface area (Å²) in [5.74, 6) is -0.496. The summed E-state index contributed by atoms with van der Waals surface area (Å²) in [5.41, 5.74) is -0.547. The van der Waals surface area contributed by atoms with E-state index in [1.807, 2.05) is 0 Å². The first-order valence-corrected chi connectivity index (χ1v) is 4.96. The second-order valence-electron chi connectivity index (χ2n) is 4.17. The van der Waals surface area contributed by atoms with Gasteiger partial charge in [-0.05, 0) is 0 Å². The third kappa shape index (κ3) is 2.92. The number of carbonyl (C=O) groups excluding carboxylic acids is 2. The van der Waals surface area contributed by atoms with Crippen molar-refractivity contribution in [1.29, 1.82) is 0 Å². The van der Waals surface area contributed by atoms with E-state index < -0.39 is 5.54 Å². The molecule has 0 aromatic heterocycles. The molecule has 1 fully saturated rings. The zero-order valence-corrected chi connectivity index (χ0v) is 9.33. The molecule has 5 heteroatoms. The van der Waals surface area contributed by atoms with Gasteiger partial charge in [-0.2, -0.15) is 0 Å². The van der Waals surface area contributed by atoms with Gasteiger partial charge in [0.25, 0.3) is 0 Å². The quantitative estimate of drug-likeness (QED) is 0.675. The van der Waals surface area contributed by atoms with Gasteiger partial charge in [0.05, 0.1) is 32.3 Å². The van der Waals surface area contributed by atoms with Crippen molar-refractivity contribution >= 4 is 11.9 Å². The van der Waals surface area contributed by atoms with Gasteiger partial charge in [-0.15, -0.1) is 0 Å². The number of hydrogen-bond donors (Lipinski definition) is 1. The molecule has 1 heterocycles. The van der Waals surface area contributed by atoms with Crippen LogP contribution in [0.25, 0.3) is 0 Å². The Bertz CT molecular complexity index is 258. The molecule has 86 valence electrons. The Kier molecular flexibility index (Phi) is 3.68. The monoisotopic (exact) mass is 215 g/mol. The van der Waals surface area contributed by atoms with E-state index in [-0.39, 0.29) is 24.2 Å². The molecule has 1 saturated heterocycles. The minimum Gasteiger partial charge on any atom is -0.469 e. The normalized spacial score (nSPS) is 18.1. The number of hydrogen-bond acceptors (Lipinski definition) is 4. The molecule has 0 aromatic carbocycles. The molecule has 1 aliphatic rings. The van der Waals surface area contributed by atoms with Crippen molar-refractivity contribution in [2.24, 2.45) is 5.92 Å². The van der Waals surface area contributed by atoms with Gasteiger partial charge in [-0.3, -0.25) is 9.59 Å². The van der Waals surface area contributed by atoms with Crippen LogP contribution in [0, 0.1) is 5.92 Å². The zero-order chi connectivity index (χ0) is 11.5. The summed E-state index contributed by atoms with van der Waals surface area (Å²) in [6.45, 7) is 4.36. The second-order valence-corrected chi connectivity index (χ2v) is 4.17. The number of amides is 1. The smallest absolute Gasteiger partial charge is 0.308 e. The first kappa shape index (κ1) is 12.0. The topological polar surface area (TPSA) is 64.6 Å². The lowest BCUT2D eigenvalue weighted by Crippen LogP contribution is -2.63. The lowest BCUT2D eigenvalue weighted by molar-refractivity contribution is -0.153. The summed E-state index contributed by atoms with van der Waals surface area (Å²) in [4.78, 5) is 22.6. The van der Waals surface area contributed by atoms with E-state index in [0.717, 1.165) is 0 Å². The fourth-order valence-electron chi connectivity index (χ4n) is 1.32. The molecule has 1 rings (SSSR count). The lowest BCUT2D eigenvalue weighted by Gasteiger charge is -2.41. The molecule has 1 amide bonds. The Morgan fingerprint density at radius 3 is 2.40 bits per heavy atom. The van der Waals surface area contributed by atoms with Crippen LogP contribution in [0.4, 0.5) is 0 Å². The molecule has 15 heavy (non-hydrogen) atoms. The van der Waals surface area contributed by atoms with Crippen molar-refractivity contribution in [3.05, 3.63) is 0 Å². The van der Waals surface area contributed by atoms with Gasteiger partial charge in [0.1, 0.15) is 0 Å². The number of methoxy groups -OCH3 is 1. The van der Waals surface area contributed by atoms with Gasteiger partial charge in [-0.25, -0.2) is 0 Å². The molecule has 5 nitrogen and oxygen atoms in total. The molecule has 1 N–H and O–H groups in total. The summed E-state index contributed by atoms with van der Waals surface area (Å²) >= 11 is 0. The maximum atomic E-state index is 11.5. The number of rotatable bonds is 4. The van der Waals surface area contributed by atoms with Crippen LogP contribution < -0.4 is 5.32 Å². The molecule has 0 atom stereocenters. The zero-order valence-electron chi connectivity index (χ0n) is 9.33. The molecular formula is C10H17NO4. The highest BCUT2D eigenvalue weighted by Crippen LogP contribution is 2.22. The molecule has 0 unspecified atom stereocenters. The van der Waals surface area contributed by atoms with Gasteiger partial charge in [-0.1, -0.05) is 13.8 Å². The highest BCUT2D eigenvalue weighted by Gasteiger charge is 2.42. The fourth-order valence-corrected chi connectivity index (χ4v) is 1.32. The summed E-state index contributed by atoms with van der Waals surface area (Å²) in [5, 5.41) is 2.83. The number of esters is 1. The van der Waals surface area contributed by atoms with E-state index in [2.05, 4.69) is 10.1 Å². The maximum absolute atomic E-state index is 11.5. The van der Waals surface area contributed by atoms with Crippen LogP contribution in [0.3, 0.4) is 0 Å². The Balaban J connectivity index is 2.53. The van der Waals surface area contributed by atoms with Crippen molar-refractivity contribution in [1.82, 2.24) is 5.32 Å². The van der Waals surface area contributed by atoms with E-state index >= 15 is 0 Å². The van der Waals surface area contributed by atoms with Gasteiger partial charge >= 0.3 is 5.97 Å². The molecule has 0 spiro atoms. The van der Waals surface area contributed by atoms with Gasteiger partial charge in [0.2, 0.25) is 5.91 Å². The van der Waals surface area contributed by atoms with E-state index in [0.29, 0.717) is 13.2 Å². The number of carbonyl (C=O) groups is 2. The van der Waals surface area contributed by atoms with Crippen molar-refractivity contribution < 1.29 is 19.1 Å². The molecule has 1 aliphatic heterocycles. The molecule has 0 radical (unpaired) electrons. The third-order valence-corrected chi connectivity index (χ3v) is 2.38. The molecule has 0 bridgehead atoms. The molecule has 0 saturated carbocycles. The Hall–Kier alpha value is -1.10. The minimum absolute atomic E-state index is 0.0674. The standard InChI is InChI=1S/C10H17NO4/c1-7(2)9(13)11-10(5-15-6-10)4-8(12)14-3/h7H,4-6H2,1-3H3,(H,11,13). The van der Waals surface area contributed by atoms with Gasteiger partial charge in [0.15, 0.2) is 0 Å². The Labute approximate surface area is 89.1 Å². The van der Waals surface area contributed by atoms with Crippen LogP contribution in [0.5, 0.6) is 0 Å². The Morgan fingerprint density at radius 2 is 2.07 bits per heavy atom. The van der Waals surface area contributed by atoms with Crippen LogP contribution >= 0.6 is 0 Å². The molecule has 0 aromatic rings. The van der Waals surface area contributed by atoms with Crippen LogP contribution in [0.1, 0.15) is 20.3 Å². The Morgan fingerprint density at radius 1 is 1.47 bits per heavy atom. The summed E-state index contributed by atoms with van der Waals surface area (Å²) in [7, 11) is 1.33. The van der Waals surface area contributed by atoms with Gasteiger partial charge in [0, 0.05) is 5.92 Å². The van der Waals surface area contributed by atoms with E-state index in [1.165, 1.54) is 7.11 Å². The van der Waals surface area contributed by atoms with E-state index in [4.69, 9.17) is 4.74 Å². The third-order valence-electron chi connectivity index (χ3n) is 2.38. The predicted octanol–water partition coefficient (Wildman–Crippen LogP) is 0.0907. The van der Waals surface area contributed by atoms with Crippen molar-refractivity contribution in [2.45, 2.75) is 25.8 Å². The fraction of sp³-hybridized carbons (Fsp3) is 0.800. The van der Waals surface area contributed by atoms with Crippen LogP contribution in [-0.2, 0) is 19.1 Å². The SMILES string of the molecule is COC(=O)CC1(NC(=O)C(C)C)COC1. The summed E-state index contributed by atoms with van der Waals surface area (Å²) in [6, 6.07) is 0. The van der Waals surface area contributed by atoms with Gasteiger partial charge < -0.3 is 14.8 Å². The predicted molar refractivity (Wildman–Crippen MR) is 53.2 cm³/mol. The number of ether oxygens (including phenoxy) is 2. The van der Waals surface area contributed by atoms with Crippen molar-refractivity contribution in [3.8, 4) is 0 Å². The van der Waals surface area contributed by atoms with Crippen molar-refractivity contribution in [2.75, 3.05) is 20.3 Å². The first-order chi connectivity index (χ1) is 6.99. The molecular weight excluding hydrogens is 198 g/mol. The van der Waals surface area contributed by atoms with E-state index in [9.17, 15) is 9.59 Å². The first-order valence-electron chi connectivity index (χ1n) is 4.96. The average molecular weight is 215 g/mol. The van der Waals surface area contributed by atoms with Crippen molar-refractivity contribution in [3.63, 3.8) is 0 Å². The van der Waals surface area contributed by atoms with Crippen LogP contribution in [0.15, 0.2) is 0 Å². The number of nitrogens with one attached hydrogen (secondary N) is 1. The average Bonchev–Trinajstić information content (AvgIpc) is 2.13. The highest BCUT2D eigenvalue weighted by atomic mass is 16.5.